The summed E-state index contributed by atoms with van der Waals surface area (Å²) in [6.45, 7) is 0. The van der Waals surface area contributed by atoms with Gasteiger partial charge in [0.1, 0.15) is 11.6 Å². The van der Waals surface area contributed by atoms with E-state index < -0.39 is 29.5 Å². The molecule has 1 saturated carbocycles. The Morgan fingerprint density at radius 1 is 1.12 bits per heavy atom. The van der Waals surface area contributed by atoms with Crippen molar-refractivity contribution in [1.29, 1.82) is 0 Å². The van der Waals surface area contributed by atoms with Crippen LogP contribution in [-0.2, 0) is 9.59 Å². The zero-order chi connectivity index (χ0) is 18.7. The van der Waals surface area contributed by atoms with E-state index in [1.807, 2.05) is 12.1 Å². The zero-order valence-corrected chi connectivity index (χ0v) is 14.4. The predicted molar refractivity (Wildman–Crippen MR) is 95.5 cm³/mol. The van der Waals surface area contributed by atoms with Crippen molar-refractivity contribution in [3.8, 4) is 16.9 Å². The lowest BCUT2D eigenvalue weighted by Crippen LogP contribution is -2.30. The number of rotatable bonds is 5. The Morgan fingerprint density at radius 3 is 2.54 bits per heavy atom. The van der Waals surface area contributed by atoms with Crippen LogP contribution >= 0.6 is 0 Å². The monoisotopic (exact) mass is 357 g/mol. The fourth-order valence-electron chi connectivity index (χ4n) is 3.39. The lowest BCUT2D eigenvalue weighted by molar-refractivity contribution is -0.145. The molecule has 6 heteroatoms. The van der Waals surface area contributed by atoms with Gasteiger partial charge in [-0.05, 0) is 48.2 Å². The van der Waals surface area contributed by atoms with E-state index in [0.717, 1.165) is 5.56 Å². The van der Waals surface area contributed by atoms with Crippen LogP contribution in [0, 0.1) is 17.7 Å². The quantitative estimate of drug-likeness (QED) is 0.850. The van der Waals surface area contributed by atoms with Crippen LogP contribution in [0.1, 0.15) is 19.3 Å². The van der Waals surface area contributed by atoms with Gasteiger partial charge in [0.2, 0.25) is 5.91 Å². The first-order valence-corrected chi connectivity index (χ1v) is 8.47. The Bertz CT molecular complexity index is 836. The summed E-state index contributed by atoms with van der Waals surface area (Å²) in [5.74, 6) is -2.64. The molecule has 0 radical (unpaired) electrons. The summed E-state index contributed by atoms with van der Waals surface area (Å²) < 4.78 is 19.6. The van der Waals surface area contributed by atoms with E-state index in [4.69, 9.17) is 4.74 Å². The van der Waals surface area contributed by atoms with E-state index >= 15 is 0 Å². The molecule has 1 aliphatic carbocycles. The van der Waals surface area contributed by atoms with E-state index in [0.29, 0.717) is 30.6 Å². The van der Waals surface area contributed by atoms with Gasteiger partial charge in [-0.15, -0.1) is 0 Å². The van der Waals surface area contributed by atoms with E-state index in [1.54, 1.807) is 25.3 Å². The molecule has 0 aliphatic heterocycles. The standard InChI is InChI=1S/C20H20FNO4/c1-26-14-5-2-4-12(10-14)13-8-9-18(17(21)11-13)22-19(23)15-6-3-7-16(15)20(24)25/h2,4-5,8-11,15-16H,3,6-7H2,1H3,(H,22,23)(H,24,25). The van der Waals surface area contributed by atoms with Gasteiger partial charge < -0.3 is 15.2 Å². The van der Waals surface area contributed by atoms with Gasteiger partial charge in [-0.2, -0.15) is 0 Å². The first-order valence-electron chi connectivity index (χ1n) is 8.47. The molecule has 5 nitrogen and oxygen atoms in total. The van der Waals surface area contributed by atoms with Gasteiger partial charge in [0, 0.05) is 0 Å². The van der Waals surface area contributed by atoms with Crippen molar-refractivity contribution in [1.82, 2.24) is 0 Å². The molecular formula is C20H20FNO4. The van der Waals surface area contributed by atoms with Crippen LogP contribution in [0.5, 0.6) is 5.75 Å². The van der Waals surface area contributed by atoms with Gasteiger partial charge in [0.25, 0.3) is 0 Å². The van der Waals surface area contributed by atoms with Gasteiger partial charge in [-0.3, -0.25) is 9.59 Å². The third-order valence-electron chi connectivity index (χ3n) is 4.80. The first-order chi connectivity index (χ1) is 12.5. The minimum Gasteiger partial charge on any atom is -0.497 e. The second kappa shape index (κ2) is 7.56. The van der Waals surface area contributed by atoms with Crippen LogP contribution in [0.4, 0.5) is 10.1 Å². The molecule has 26 heavy (non-hydrogen) atoms. The molecule has 1 amide bonds. The average Bonchev–Trinajstić information content (AvgIpc) is 3.13. The van der Waals surface area contributed by atoms with Crippen molar-refractivity contribution in [3.63, 3.8) is 0 Å². The second-order valence-corrected chi connectivity index (χ2v) is 6.40. The van der Waals surface area contributed by atoms with E-state index in [-0.39, 0.29) is 5.69 Å². The minimum absolute atomic E-state index is 0.0534. The highest BCUT2D eigenvalue weighted by atomic mass is 19.1. The van der Waals surface area contributed by atoms with E-state index in [2.05, 4.69) is 5.32 Å². The third-order valence-corrected chi connectivity index (χ3v) is 4.80. The molecule has 2 aromatic carbocycles. The summed E-state index contributed by atoms with van der Waals surface area (Å²) in [4.78, 5) is 23.6. The average molecular weight is 357 g/mol. The predicted octanol–water partition coefficient (Wildman–Crippen LogP) is 3.94. The number of carbonyl (C=O) groups is 2. The lowest BCUT2D eigenvalue weighted by atomic mass is 9.95. The molecule has 1 aliphatic rings. The number of carbonyl (C=O) groups excluding carboxylic acids is 1. The fraction of sp³-hybridized carbons (Fsp3) is 0.300. The van der Waals surface area contributed by atoms with Crippen molar-refractivity contribution >= 4 is 17.6 Å². The molecule has 0 heterocycles. The number of ether oxygens (including phenoxy) is 1. The van der Waals surface area contributed by atoms with Crippen molar-refractivity contribution in [2.75, 3.05) is 12.4 Å². The molecular weight excluding hydrogens is 337 g/mol. The summed E-state index contributed by atoms with van der Waals surface area (Å²) in [5, 5.41) is 11.7. The summed E-state index contributed by atoms with van der Waals surface area (Å²) in [6, 6.07) is 11.8. The molecule has 2 unspecified atom stereocenters. The Hall–Kier alpha value is -2.89. The summed E-state index contributed by atoms with van der Waals surface area (Å²) in [7, 11) is 1.56. The normalized spacial score (nSPS) is 19.2. The van der Waals surface area contributed by atoms with Crippen molar-refractivity contribution in [2.45, 2.75) is 19.3 Å². The van der Waals surface area contributed by atoms with Crippen LogP contribution in [0.2, 0.25) is 0 Å². The van der Waals surface area contributed by atoms with E-state index in [1.165, 1.54) is 12.1 Å². The first kappa shape index (κ1) is 17.9. The lowest BCUT2D eigenvalue weighted by Gasteiger charge is -2.16. The molecule has 136 valence electrons. The Balaban J connectivity index is 1.77. The number of hydrogen-bond donors (Lipinski definition) is 2. The topological polar surface area (TPSA) is 75.6 Å². The van der Waals surface area contributed by atoms with Gasteiger partial charge in [-0.1, -0.05) is 24.6 Å². The van der Waals surface area contributed by atoms with Crippen molar-refractivity contribution < 1.29 is 23.8 Å². The zero-order valence-electron chi connectivity index (χ0n) is 14.4. The molecule has 3 rings (SSSR count). The number of aliphatic carboxylic acids is 1. The van der Waals surface area contributed by atoms with Gasteiger partial charge in [0.15, 0.2) is 0 Å². The Kier molecular flexibility index (Phi) is 5.21. The Labute approximate surface area is 150 Å². The third kappa shape index (κ3) is 3.69. The van der Waals surface area contributed by atoms with Crippen LogP contribution in [0.25, 0.3) is 11.1 Å². The fourth-order valence-corrected chi connectivity index (χ4v) is 3.39. The highest BCUT2D eigenvalue weighted by Crippen LogP contribution is 2.33. The Morgan fingerprint density at radius 2 is 1.85 bits per heavy atom. The molecule has 0 spiro atoms. The SMILES string of the molecule is COc1cccc(-c2ccc(NC(=O)C3CCCC3C(=O)O)c(F)c2)c1. The van der Waals surface area contributed by atoms with Crippen LogP contribution in [-0.4, -0.2) is 24.1 Å². The number of nitrogens with one attached hydrogen (secondary N) is 1. The van der Waals surface area contributed by atoms with Crippen LogP contribution < -0.4 is 10.1 Å². The smallest absolute Gasteiger partial charge is 0.307 e. The maximum Gasteiger partial charge on any atom is 0.307 e. The number of carboxylic acids is 1. The minimum atomic E-state index is -0.975. The molecule has 2 atom stereocenters. The number of amides is 1. The molecule has 0 bridgehead atoms. The van der Waals surface area contributed by atoms with Crippen LogP contribution in [0.3, 0.4) is 0 Å². The summed E-state index contributed by atoms with van der Waals surface area (Å²) >= 11 is 0. The maximum atomic E-state index is 14.5. The van der Waals surface area contributed by atoms with Gasteiger partial charge in [-0.25, -0.2) is 4.39 Å². The summed E-state index contributed by atoms with van der Waals surface area (Å²) in [5.41, 5.74) is 1.50. The largest absolute Gasteiger partial charge is 0.497 e. The molecule has 0 aromatic heterocycles. The number of carboxylic acid groups (broad SMARTS) is 1. The molecule has 2 N–H and O–H groups in total. The molecule has 1 fully saturated rings. The van der Waals surface area contributed by atoms with Crippen molar-refractivity contribution in [2.24, 2.45) is 11.8 Å². The van der Waals surface area contributed by atoms with Gasteiger partial charge in [0.05, 0.1) is 24.6 Å². The highest BCUT2D eigenvalue weighted by molar-refractivity contribution is 5.95. The summed E-state index contributed by atoms with van der Waals surface area (Å²) in [6.07, 6.45) is 1.67. The van der Waals surface area contributed by atoms with Gasteiger partial charge >= 0.3 is 5.97 Å². The number of methoxy groups -OCH3 is 1. The number of benzene rings is 2. The number of halogens is 1. The molecule has 0 saturated heterocycles. The van der Waals surface area contributed by atoms with Crippen molar-refractivity contribution in [3.05, 3.63) is 48.3 Å². The number of anilines is 1. The van der Waals surface area contributed by atoms with Crippen LogP contribution in [0.15, 0.2) is 42.5 Å². The molecule has 2 aromatic rings. The maximum absolute atomic E-state index is 14.5. The van der Waals surface area contributed by atoms with E-state index in [9.17, 15) is 19.1 Å². The highest BCUT2D eigenvalue weighted by Gasteiger charge is 2.37. The number of hydrogen-bond acceptors (Lipinski definition) is 3. The second-order valence-electron chi connectivity index (χ2n) is 6.40.